The highest BCUT2D eigenvalue weighted by molar-refractivity contribution is 9.09. The molecule has 0 aliphatic rings. The van der Waals surface area contributed by atoms with Gasteiger partial charge in [-0.25, -0.2) is 0 Å². The molecule has 7 heteroatoms. The fourth-order valence-corrected chi connectivity index (χ4v) is 1.63. The molecule has 1 rings (SSSR count). The van der Waals surface area contributed by atoms with Crippen molar-refractivity contribution in [3.8, 4) is 5.75 Å². The van der Waals surface area contributed by atoms with Crippen LogP contribution in [0.25, 0.3) is 0 Å². The van der Waals surface area contributed by atoms with Crippen LogP contribution >= 0.6 is 15.9 Å². The molecular weight excluding hydrogens is 305 g/mol. The van der Waals surface area contributed by atoms with Gasteiger partial charge in [0.1, 0.15) is 11.9 Å². The third-order valence-electron chi connectivity index (χ3n) is 2.13. The maximum atomic E-state index is 12.4. The van der Waals surface area contributed by atoms with Crippen molar-refractivity contribution in [3.63, 3.8) is 0 Å². The van der Waals surface area contributed by atoms with Crippen molar-refractivity contribution in [2.24, 2.45) is 0 Å². The summed E-state index contributed by atoms with van der Waals surface area (Å²) in [5.74, 6) is -0.615. The third kappa shape index (κ3) is 3.58. The SMILES string of the molecule is Oc1cc(C(O)C(O)CBr)cc(C(F)(F)F)c1. The highest BCUT2D eigenvalue weighted by Gasteiger charge is 2.32. The second-order valence-corrected chi connectivity index (χ2v) is 4.12. The van der Waals surface area contributed by atoms with Crippen LogP contribution in [0.4, 0.5) is 13.2 Å². The lowest BCUT2D eigenvalue weighted by atomic mass is 10.0. The molecule has 0 fully saturated rings. The fraction of sp³-hybridized carbons (Fsp3) is 0.400. The van der Waals surface area contributed by atoms with E-state index in [9.17, 15) is 23.4 Å². The number of aliphatic hydroxyl groups excluding tert-OH is 2. The van der Waals surface area contributed by atoms with Crippen molar-refractivity contribution >= 4 is 15.9 Å². The average Bonchev–Trinajstić information content (AvgIpc) is 2.25. The van der Waals surface area contributed by atoms with Crippen molar-refractivity contribution < 1.29 is 28.5 Å². The van der Waals surface area contributed by atoms with Gasteiger partial charge in [-0.3, -0.25) is 0 Å². The summed E-state index contributed by atoms with van der Waals surface area (Å²) in [6.07, 6.45) is -7.37. The molecule has 0 saturated heterocycles. The van der Waals surface area contributed by atoms with Crippen LogP contribution in [-0.4, -0.2) is 26.8 Å². The zero-order valence-electron chi connectivity index (χ0n) is 8.45. The minimum absolute atomic E-state index is 0.00513. The van der Waals surface area contributed by atoms with Crippen molar-refractivity contribution in [2.75, 3.05) is 5.33 Å². The molecule has 0 radical (unpaired) electrons. The van der Waals surface area contributed by atoms with E-state index in [0.29, 0.717) is 12.1 Å². The molecule has 1 aromatic carbocycles. The molecule has 1 aromatic rings. The zero-order chi connectivity index (χ0) is 13.2. The van der Waals surface area contributed by atoms with E-state index < -0.39 is 29.7 Å². The molecule has 0 bridgehead atoms. The molecule has 0 saturated carbocycles. The first-order chi connectivity index (χ1) is 7.75. The van der Waals surface area contributed by atoms with Crippen molar-refractivity contribution in [1.29, 1.82) is 0 Å². The van der Waals surface area contributed by atoms with Crippen LogP contribution < -0.4 is 0 Å². The van der Waals surface area contributed by atoms with Gasteiger partial charge in [-0.2, -0.15) is 13.2 Å². The van der Waals surface area contributed by atoms with Gasteiger partial charge in [0.2, 0.25) is 0 Å². The molecule has 0 aliphatic carbocycles. The average molecular weight is 315 g/mol. The molecular formula is C10H10BrF3O3. The fourth-order valence-electron chi connectivity index (χ4n) is 1.28. The number of phenolic OH excluding ortho intramolecular Hbond substituents is 1. The standard InChI is InChI=1S/C10H10BrF3O3/c11-4-8(16)9(17)5-1-6(10(12,13)14)3-7(15)2-5/h1-3,8-9,15-17H,4H2. The van der Waals surface area contributed by atoms with Gasteiger partial charge in [0, 0.05) is 5.33 Å². The van der Waals surface area contributed by atoms with E-state index in [0.717, 1.165) is 6.07 Å². The second kappa shape index (κ2) is 5.24. The number of aromatic hydroxyl groups is 1. The summed E-state index contributed by atoms with van der Waals surface area (Å²) < 4.78 is 37.3. The largest absolute Gasteiger partial charge is 0.508 e. The quantitative estimate of drug-likeness (QED) is 0.750. The van der Waals surface area contributed by atoms with Gasteiger partial charge in [-0.15, -0.1) is 0 Å². The summed E-state index contributed by atoms with van der Waals surface area (Å²) in [4.78, 5) is 0. The Morgan fingerprint density at radius 3 is 2.24 bits per heavy atom. The van der Waals surface area contributed by atoms with E-state index in [1.54, 1.807) is 0 Å². The van der Waals surface area contributed by atoms with Gasteiger partial charge in [0.25, 0.3) is 0 Å². The minimum Gasteiger partial charge on any atom is -0.508 e. The van der Waals surface area contributed by atoms with E-state index in [1.807, 2.05) is 0 Å². The number of rotatable bonds is 3. The lowest BCUT2D eigenvalue weighted by Crippen LogP contribution is -2.20. The maximum Gasteiger partial charge on any atom is 0.416 e. The molecule has 0 aromatic heterocycles. The van der Waals surface area contributed by atoms with Gasteiger partial charge < -0.3 is 15.3 Å². The Bertz CT molecular complexity index is 395. The predicted octanol–water partition coefficient (Wildman–Crippen LogP) is 2.20. The minimum atomic E-state index is -4.62. The Morgan fingerprint density at radius 2 is 1.76 bits per heavy atom. The Morgan fingerprint density at radius 1 is 1.18 bits per heavy atom. The van der Waals surface area contributed by atoms with Gasteiger partial charge in [0.05, 0.1) is 11.7 Å². The van der Waals surface area contributed by atoms with Gasteiger partial charge in [0.15, 0.2) is 0 Å². The lowest BCUT2D eigenvalue weighted by Gasteiger charge is -2.17. The summed E-state index contributed by atoms with van der Waals surface area (Å²) in [6, 6.07) is 2.22. The van der Waals surface area contributed by atoms with Crippen LogP contribution in [0.2, 0.25) is 0 Å². The summed E-state index contributed by atoms with van der Waals surface area (Å²) in [6.45, 7) is 0. The van der Waals surface area contributed by atoms with Crippen molar-refractivity contribution in [2.45, 2.75) is 18.4 Å². The highest BCUT2D eigenvalue weighted by atomic mass is 79.9. The van der Waals surface area contributed by atoms with Gasteiger partial charge >= 0.3 is 6.18 Å². The van der Waals surface area contributed by atoms with Crippen LogP contribution in [0.1, 0.15) is 17.2 Å². The number of alkyl halides is 4. The van der Waals surface area contributed by atoms with Crippen LogP contribution in [0.15, 0.2) is 18.2 Å². The molecule has 2 unspecified atom stereocenters. The molecule has 3 nitrogen and oxygen atoms in total. The van der Waals surface area contributed by atoms with E-state index in [-0.39, 0.29) is 10.9 Å². The van der Waals surface area contributed by atoms with Gasteiger partial charge in [-0.05, 0) is 23.8 Å². The van der Waals surface area contributed by atoms with Crippen LogP contribution in [-0.2, 0) is 6.18 Å². The zero-order valence-corrected chi connectivity index (χ0v) is 10.0. The number of aliphatic hydroxyl groups is 2. The first-order valence-corrected chi connectivity index (χ1v) is 5.71. The molecule has 0 amide bonds. The number of hydrogen-bond acceptors (Lipinski definition) is 3. The van der Waals surface area contributed by atoms with Gasteiger partial charge in [-0.1, -0.05) is 15.9 Å². The number of halogens is 4. The first-order valence-electron chi connectivity index (χ1n) is 4.59. The summed E-state index contributed by atoms with van der Waals surface area (Å²) in [5.41, 5.74) is -1.27. The summed E-state index contributed by atoms with van der Waals surface area (Å²) in [5, 5.41) is 28.0. The molecule has 0 aliphatic heterocycles. The maximum absolute atomic E-state index is 12.4. The van der Waals surface area contributed by atoms with E-state index in [1.165, 1.54) is 0 Å². The van der Waals surface area contributed by atoms with Crippen LogP contribution in [0.3, 0.4) is 0 Å². The smallest absolute Gasteiger partial charge is 0.416 e. The lowest BCUT2D eigenvalue weighted by molar-refractivity contribution is -0.137. The molecule has 96 valence electrons. The van der Waals surface area contributed by atoms with E-state index in [4.69, 9.17) is 5.11 Å². The molecule has 0 heterocycles. The van der Waals surface area contributed by atoms with Crippen LogP contribution in [0, 0.1) is 0 Å². The highest BCUT2D eigenvalue weighted by Crippen LogP contribution is 2.34. The van der Waals surface area contributed by atoms with Crippen molar-refractivity contribution in [1.82, 2.24) is 0 Å². The van der Waals surface area contributed by atoms with E-state index >= 15 is 0 Å². The van der Waals surface area contributed by atoms with E-state index in [2.05, 4.69) is 15.9 Å². The predicted molar refractivity (Wildman–Crippen MR) is 57.9 cm³/mol. The summed E-state index contributed by atoms with van der Waals surface area (Å²) in [7, 11) is 0. The number of benzene rings is 1. The summed E-state index contributed by atoms with van der Waals surface area (Å²) >= 11 is 2.89. The Hall–Kier alpha value is -0.790. The molecule has 3 N–H and O–H groups in total. The Kier molecular flexibility index (Phi) is 4.40. The normalized spacial score (nSPS) is 15.6. The Labute approximate surface area is 104 Å². The number of phenols is 1. The molecule has 17 heavy (non-hydrogen) atoms. The third-order valence-corrected chi connectivity index (χ3v) is 2.79. The number of hydrogen-bond donors (Lipinski definition) is 3. The van der Waals surface area contributed by atoms with Crippen LogP contribution in [0.5, 0.6) is 5.75 Å². The molecule has 2 atom stereocenters. The van der Waals surface area contributed by atoms with Crippen molar-refractivity contribution in [3.05, 3.63) is 29.3 Å². The Balaban J connectivity index is 3.14. The second-order valence-electron chi connectivity index (χ2n) is 3.48. The topological polar surface area (TPSA) is 60.7 Å². The monoisotopic (exact) mass is 314 g/mol. The molecule has 0 spiro atoms. The first kappa shape index (κ1) is 14.3.